The SMILES string of the molecule is Cc1ccc(F)cc1NC(=O)CSc1ccc(N)c(Cl)c1. The Balaban J connectivity index is 1.95. The third kappa shape index (κ3) is 4.37. The van der Waals surface area contributed by atoms with Gasteiger partial charge in [0.05, 0.1) is 16.5 Å². The number of nitrogens with two attached hydrogens (primary N) is 1. The molecule has 0 saturated carbocycles. The lowest BCUT2D eigenvalue weighted by Crippen LogP contribution is -2.15. The summed E-state index contributed by atoms with van der Waals surface area (Å²) in [5, 5.41) is 3.15. The lowest BCUT2D eigenvalue weighted by atomic mass is 10.2. The number of rotatable bonds is 4. The van der Waals surface area contributed by atoms with Crippen LogP contribution in [0.5, 0.6) is 0 Å². The second kappa shape index (κ2) is 6.83. The highest BCUT2D eigenvalue weighted by Gasteiger charge is 2.07. The van der Waals surface area contributed by atoms with Gasteiger partial charge >= 0.3 is 0 Å². The predicted octanol–water partition coefficient (Wildman–Crippen LogP) is 4.10. The van der Waals surface area contributed by atoms with Crippen LogP contribution < -0.4 is 11.1 Å². The van der Waals surface area contributed by atoms with E-state index in [1.165, 1.54) is 23.9 Å². The number of halogens is 2. The molecule has 0 aliphatic heterocycles. The van der Waals surface area contributed by atoms with Crippen molar-refractivity contribution in [3.05, 3.63) is 52.8 Å². The lowest BCUT2D eigenvalue weighted by molar-refractivity contribution is -0.113. The van der Waals surface area contributed by atoms with Gasteiger partial charge < -0.3 is 11.1 Å². The van der Waals surface area contributed by atoms with Crippen molar-refractivity contribution in [3.8, 4) is 0 Å². The van der Waals surface area contributed by atoms with Crippen molar-refractivity contribution in [3.63, 3.8) is 0 Å². The van der Waals surface area contributed by atoms with E-state index in [2.05, 4.69) is 5.32 Å². The summed E-state index contributed by atoms with van der Waals surface area (Å²) in [7, 11) is 0. The summed E-state index contributed by atoms with van der Waals surface area (Å²) in [5.41, 5.74) is 7.42. The molecule has 2 rings (SSSR count). The van der Waals surface area contributed by atoms with Crippen LogP contribution in [-0.2, 0) is 4.79 Å². The Morgan fingerprint density at radius 1 is 1.33 bits per heavy atom. The van der Waals surface area contributed by atoms with E-state index in [9.17, 15) is 9.18 Å². The molecular weight excluding hydrogens is 311 g/mol. The fourth-order valence-corrected chi connectivity index (χ4v) is 2.64. The largest absolute Gasteiger partial charge is 0.398 e. The summed E-state index contributed by atoms with van der Waals surface area (Å²) < 4.78 is 13.1. The van der Waals surface area contributed by atoms with Crippen LogP contribution in [0.1, 0.15) is 5.56 Å². The van der Waals surface area contributed by atoms with Crippen molar-refractivity contribution in [2.75, 3.05) is 16.8 Å². The van der Waals surface area contributed by atoms with E-state index in [1.54, 1.807) is 24.3 Å². The van der Waals surface area contributed by atoms with Crippen molar-refractivity contribution in [1.29, 1.82) is 0 Å². The van der Waals surface area contributed by atoms with E-state index in [1.807, 2.05) is 6.92 Å². The number of hydrogen-bond acceptors (Lipinski definition) is 3. The molecule has 0 radical (unpaired) electrons. The van der Waals surface area contributed by atoms with Crippen molar-refractivity contribution < 1.29 is 9.18 Å². The molecule has 0 aliphatic carbocycles. The second-order valence-corrected chi connectivity index (χ2v) is 5.94. The molecular formula is C15H14ClFN2OS. The van der Waals surface area contributed by atoms with Gasteiger partial charge in [-0.2, -0.15) is 0 Å². The Morgan fingerprint density at radius 3 is 2.81 bits per heavy atom. The summed E-state index contributed by atoms with van der Waals surface area (Å²) in [6.07, 6.45) is 0. The highest BCUT2D eigenvalue weighted by Crippen LogP contribution is 2.26. The minimum atomic E-state index is -0.381. The minimum absolute atomic E-state index is 0.205. The molecule has 3 N–H and O–H groups in total. The summed E-state index contributed by atoms with van der Waals surface area (Å²) in [6, 6.07) is 9.49. The van der Waals surface area contributed by atoms with Gasteiger partial charge in [-0.1, -0.05) is 17.7 Å². The average Bonchev–Trinajstić information content (AvgIpc) is 2.44. The first-order valence-corrected chi connectivity index (χ1v) is 7.56. The Hall–Kier alpha value is -1.72. The van der Waals surface area contributed by atoms with E-state index in [0.29, 0.717) is 16.4 Å². The zero-order chi connectivity index (χ0) is 15.4. The number of benzene rings is 2. The van der Waals surface area contributed by atoms with Gasteiger partial charge in [0.2, 0.25) is 5.91 Å². The van der Waals surface area contributed by atoms with Crippen LogP contribution >= 0.6 is 23.4 Å². The van der Waals surface area contributed by atoms with Gasteiger partial charge in [0, 0.05) is 10.6 Å². The molecule has 0 bridgehead atoms. The summed E-state index contributed by atoms with van der Waals surface area (Å²) in [5.74, 6) is -0.383. The number of nitrogens with one attached hydrogen (secondary N) is 1. The molecule has 0 fully saturated rings. The number of nitrogen functional groups attached to an aromatic ring is 1. The van der Waals surface area contributed by atoms with Gasteiger partial charge in [-0.15, -0.1) is 11.8 Å². The molecule has 21 heavy (non-hydrogen) atoms. The highest BCUT2D eigenvalue weighted by atomic mass is 35.5. The normalized spacial score (nSPS) is 10.4. The quantitative estimate of drug-likeness (QED) is 0.657. The van der Waals surface area contributed by atoms with Gasteiger partial charge in [0.15, 0.2) is 0 Å². The molecule has 6 heteroatoms. The van der Waals surface area contributed by atoms with Crippen LogP contribution in [0.3, 0.4) is 0 Å². The van der Waals surface area contributed by atoms with Crippen LogP contribution in [0.4, 0.5) is 15.8 Å². The number of carbonyl (C=O) groups is 1. The van der Waals surface area contributed by atoms with E-state index < -0.39 is 0 Å². The standard InChI is InChI=1S/C15H14ClFN2OS/c1-9-2-3-10(17)6-14(9)19-15(20)8-21-11-4-5-13(18)12(16)7-11/h2-7H,8,18H2,1H3,(H,19,20). The molecule has 0 saturated heterocycles. The molecule has 0 unspecified atom stereocenters. The van der Waals surface area contributed by atoms with Gasteiger partial charge in [-0.3, -0.25) is 4.79 Å². The summed E-state index contributed by atoms with van der Waals surface area (Å²) >= 11 is 7.25. The van der Waals surface area contributed by atoms with Crippen LogP contribution in [0.15, 0.2) is 41.3 Å². The third-order valence-corrected chi connectivity index (χ3v) is 4.14. The van der Waals surface area contributed by atoms with Gasteiger partial charge in [-0.05, 0) is 42.8 Å². The number of anilines is 2. The zero-order valence-corrected chi connectivity index (χ0v) is 12.9. The smallest absolute Gasteiger partial charge is 0.234 e. The maximum Gasteiger partial charge on any atom is 0.234 e. The van der Waals surface area contributed by atoms with Crippen LogP contribution in [0.2, 0.25) is 5.02 Å². The topological polar surface area (TPSA) is 55.1 Å². The number of amides is 1. The van der Waals surface area contributed by atoms with Gasteiger partial charge in [0.25, 0.3) is 0 Å². The molecule has 110 valence electrons. The van der Waals surface area contributed by atoms with E-state index in [4.69, 9.17) is 17.3 Å². The molecule has 0 heterocycles. The first kappa shape index (κ1) is 15.7. The molecule has 0 atom stereocenters. The Morgan fingerprint density at radius 2 is 2.10 bits per heavy atom. The Labute approximate surface area is 131 Å². The maximum atomic E-state index is 13.1. The average molecular weight is 325 g/mol. The van der Waals surface area contributed by atoms with Crippen molar-refractivity contribution in [2.24, 2.45) is 0 Å². The molecule has 2 aromatic rings. The van der Waals surface area contributed by atoms with Crippen molar-refractivity contribution in [1.82, 2.24) is 0 Å². The molecule has 0 aromatic heterocycles. The van der Waals surface area contributed by atoms with Crippen LogP contribution in [0.25, 0.3) is 0 Å². The molecule has 1 amide bonds. The van der Waals surface area contributed by atoms with Gasteiger partial charge in [-0.25, -0.2) is 4.39 Å². The second-order valence-electron chi connectivity index (χ2n) is 4.48. The van der Waals surface area contributed by atoms with E-state index in [-0.39, 0.29) is 17.5 Å². The van der Waals surface area contributed by atoms with Crippen molar-refractivity contribution >= 4 is 40.6 Å². The van der Waals surface area contributed by atoms with Crippen LogP contribution in [-0.4, -0.2) is 11.7 Å². The number of hydrogen-bond donors (Lipinski definition) is 2. The predicted molar refractivity (Wildman–Crippen MR) is 86.4 cm³/mol. The molecule has 0 aliphatic rings. The molecule has 3 nitrogen and oxygen atoms in total. The third-order valence-electron chi connectivity index (χ3n) is 2.82. The fraction of sp³-hybridized carbons (Fsp3) is 0.133. The van der Waals surface area contributed by atoms with E-state index in [0.717, 1.165) is 10.5 Å². The summed E-state index contributed by atoms with van der Waals surface area (Å²) in [6.45, 7) is 1.81. The minimum Gasteiger partial charge on any atom is -0.398 e. The first-order valence-electron chi connectivity index (χ1n) is 6.19. The number of thioether (sulfide) groups is 1. The zero-order valence-electron chi connectivity index (χ0n) is 11.3. The highest BCUT2D eigenvalue weighted by molar-refractivity contribution is 8.00. The first-order chi connectivity index (χ1) is 9.95. The Bertz CT molecular complexity index is 679. The monoisotopic (exact) mass is 324 g/mol. The number of aryl methyl sites for hydroxylation is 1. The van der Waals surface area contributed by atoms with E-state index >= 15 is 0 Å². The fourth-order valence-electron chi connectivity index (χ4n) is 1.66. The van der Waals surface area contributed by atoms with Gasteiger partial charge in [0.1, 0.15) is 5.82 Å². The van der Waals surface area contributed by atoms with Crippen molar-refractivity contribution in [2.45, 2.75) is 11.8 Å². The summed E-state index contributed by atoms with van der Waals surface area (Å²) in [4.78, 5) is 12.7. The maximum absolute atomic E-state index is 13.1. The van der Waals surface area contributed by atoms with Crippen LogP contribution in [0, 0.1) is 12.7 Å². The Kier molecular flexibility index (Phi) is 5.09. The molecule has 2 aromatic carbocycles. The molecule has 0 spiro atoms. The lowest BCUT2D eigenvalue weighted by Gasteiger charge is -2.08. The number of carbonyl (C=O) groups excluding carboxylic acids is 1.